The van der Waals surface area contributed by atoms with E-state index < -0.39 is 0 Å². The summed E-state index contributed by atoms with van der Waals surface area (Å²) < 4.78 is 6.02. The molecule has 0 saturated carbocycles. The minimum Gasteiger partial charge on any atom is -0.375 e. The van der Waals surface area contributed by atoms with Gasteiger partial charge in [-0.2, -0.15) is 0 Å². The molecular formula is C15H26N2OS. The van der Waals surface area contributed by atoms with E-state index >= 15 is 0 Å². The van der Waals surface area contributed by atoms with Crippen LogP contribution in [0.4, 0.5) is 0 Å². The first-order chi connectivity index (χ1) is 9.21. The van der Waals surface area contributed by atoms with Crippen LogP contribution >= 0.6 is 11.3 Å². The highest BCUT2D eigenvalue weighted by Gasteiger charge is 2.34. The van der Waals surface area contributed by atoms with Gasteiger partial charge in [0.25, 0.3) is 0 Å². The monoisotopic (exact) mass is 282 g/mol. The molecule has 0 radical (unpaired) electrons. The van der Waals surface area contributed by atoms with Gasteiger partial charge in [-0.05, 0) is 32.1 Å². The number of ether oxygens (including phenoxy) is 1. The van der Waals surface area contributed by atoms with Crippen LogP contribution < -0.4 is 5.32 Å². The Morgan fingerprint density at radius 2 is 2.21 bits per heavy atom. The Bertz CT molecular complexity index is 387. The van der Waals surface area contributed by atoms with Crippen molar-refractivity contribution in [2.24, 2.45) is 0 Å². The average Bonchev–Trinajstić information content (AvgIpc) is 2.93. The number of thiazole rings is 1. The first-order valence-corrected chi connectivity index (χ1v) is 8.34. The fourth-order valence-corrected chi connectivity index (χ4v) is 3.60. The summed E-state index contributed by atoms with van der Waals surface area (Å²) in [6.07, 6.45) is 7.55. The zero-order chi connectivity index (χ0) is 13.7. The van der Waals surface area contributed by atoms with Crippen molar-refractivity contribution in [3.8, 4) is 0 Å². The lowest BCUT2D eigenvalue weighted by Crippen LogP contribution is -2.46. The number of hydrogen-bond acceptors (Lipinski definition) is 4. The Morgan fingerprint density at radius 1 is 1.42 bits per heavy atom. The minimum atomic E-state index is 0.109. The summed E-state index contributed by atoms with van der Waals surface area (Å²) in [5.74, 6) is 0. The van der Waals surface area contributed by atoms with E-state index in [-0.39, 0.29) is 5.60 Å². The molecule has 0 aromatic carbocycles. The number of aromatic nitrogens is 1. The number of nitrogens with one attached hydrogen (secondary N) is 1. The number of aryl methyl sites for hydroxylation is 1. The maximum absolute atomic E-state index is 6.02. The molecule has 4 heteroatoms. The summed E-state index contributed by atoms with van der Waals surface area (Å²) in [6, 6.07) is 0.584. The second-order valence-electron chi connectivity index (χ2n) is 5.38. The van der Waals surface area contributed by atoms with Crippen LogP contribution in [0.1, 0.15) is 56.3 Å². The van der Waals surface area contributed by atoms with E-state index in [1.165, 1.54) is 9.88 Å². The van der Waals surface area contributed by atoms with Gasteiger partial charge >= 0.3 is 0 Å². The topological polar surface area (TPSA) is 34.2 Å². The second kappa shape index (κ2) is 6.82. The van der Waals surface area contributed by atoms with E-state index in [0.717, 1.165) is 45.3 Å². The van der Waals surface area contributed by atoms with Gasteiger partial charge in [0.2, 0.25) is 0 Å². The Morgan fingerprint density at radius 3 is 2.84 bits per heavy atom. The molecule has 0 aliphatic carbocycles. The van der Waals surface area contributed by atoms with Crippen molar-refractivity contribution in [1.82, 2.24) is 10.3 Å². The van der Waals surface area contributed by atoms with E-state index in [0.29, 0.717) is 6.04 Å². The Labute approximate surface area is 120 Å². The van der Waals surface area contributed by atoms with E-state index in [1.54, 1.807) is 0 Å². The Kier molecular flexibility index (Phi) is 5.37. The number of hydrogen-bond donors (Lipinski definition) is 1. The summed E-state index contributed by atoms with van der Waals surface area (Å²) in [4.78, 5) is 5.76. The first kappa shape index (κ1) is 14.9. The molecular weight excluding hydrogens is 256 g/mol. The second-order valence-corrected chi connectivity index (χ2v) is 6.58. The van der Waals surface area contributed by atoms with Crippen molar-refractivity contribution in [1.29, 1.82) is 0 Å². The summed E-state index contributed by atoms with van der Waals surface area (Å²) in [7, 11) is 0. The molecule has 0 spiro atoms. The molecule has 1 saturated heterocycles. The van der Waals surface area contributed by atoms with Gasteiger partial charge in [-0.15, -0.1) is 11.3 Å². The van der Waals surface area contributed by atoms with Gasteiger partial charge in [0.15, 0.2) is 0 Å². The lowest BCUT2D eigenvalue weighted by Gasteiger charge is -2.40. The minimum absolute atomic E-state index is 0.109. The third-order valence-electron chi connectivity index (χ3n) is 4.25. The van der Waals surface area contributed by atoms with Crippen LogP contribution in [0, 0.1) is 0 Å². The van der Waals surface area contributed by atoms with Gasteiger partial charge in [0, 0.05) is 30.3 Å². The van der Waals surface area contributed by atoms with Crippen LogP contribution in [-0.4, -0.2) is 23.2 Å². The average molecular weight is 282 g/mol. The Balaban J connectivity index is 1.85. The number of nitrogens with zero attached hydrogens (tertiary/aromatic N) is 1. The predicted molar refractivity (Wildman–Crippen MR) is 80.6 cm³/mol. The predicted octanol–water partition coefficient (Wildman–Crippen LogP) is 3.53. The fourth-order valence-electron chi connectivity index (χ4n) is 2.78. The smallest absolute Gasteiger partial charge is 0.0925 e. The summed E-state index contributed by atoms with van der Waals surface area (Å²) >= 11 is 1.83. The summed E-state index contributed by atoms with van der Waals surface area (Å²) in [5, 5.41) is 4.93. The van der Waals surface area contributed by atoms with Gasteiger partial charge in [0.05, 0.1) is 10.6 Å². The van der Waals surface area contributed by atoms with Crippen LogP contribution in [0.3, 0.4) is 0 Å². The third-order valence-corrected chi connectivity index (χ3v) is 5.39. The molecule has 19 heavy (non-hydrogen) atoms. The molecule has 1 fully saturated rings. The van der Waals surface area contributed by atoms with Crippen LogP contribution in [0.15, 0.2) is 6.20 Å². The highest BCUT2D eigenvalue weighted by Crippen LogP contribution is 2.31. The summed E-state index contributed by atoms with van der Waals surface area (Å²) in [6.45, 7) is 8.48. The molecule has 0 bridgehead atoms. The molecule has 3 nitrogen and oxygen atoms in total. The van der Waals surface area contributed by atoms with Gasteiger partial charge in [0.1, 0.15) is 0 Å². The fraction of sp³-hybridized carbons (Fsp3) is 0.800. The molecule has 1 aromatic rings. The van der Waals surface area contributed by atoms with Crippen LogP contribution in [0.2, 0.25) is 0 Å². The van der Waals surface area contributed by atoms with Crippen LogP contribution in [0.5, 0.6) is 0 Å². The lowest BCUT2D eigenvalue weighted by molar-refractivity contribution is -0.0931. The molecule has 0 amide bonds. The summed E-state index contributed by atoms with van der Waals surface area (Å²) in [5.41, 5.74) is 0.109. The van der Waals surface area contributed by atoms with Crippen molar-refractivity contribution in [2.45, 2.75) is 71.1 Å². The number of rotatable bonds is 6. The first-order valence-electron chi connectivity index (χ1n) is 7.52. The van der Waals surface area contributed by atoms with Crippen molar-refractivity contribution in [3.05, 3.63) is 16.1 Å². The van der Waals surface area contributed by atoms with E-state index in [2.05, 4.69) is 31.1 Å². The third kappa shape index (κ3) is 3.77. The van der Waals surface area contributed by atoms with Crippen LogP contribution in [-0.2, 0) is 17.7 Å². The molecule has 1 aliphatic rings. The zero-order valence-corrected chi connectivity index (χ0v) is 13.2. The van der Waals surface area contributed by atoms with Crippen LogP contribution in [0.25, 0.3) is 0 Å². The zero-order valence-electron chi connectivity index (χ0n) is 12.4. The molecule has 1 N–H and O–H groups in total. The normalized spacial score (nSPS) is 22.6. The Hall–Kier alpha value is -0.450. The van der Waals surface area contributed by atoms with Crippen molar-refractivity contribution in [3.63, 3.8) is 0 Å². The SMILES string of the molecule is CCc1ncc(CNC2CCOC(CC)(CC)C2)s1. The molecule has 1 aromatic heterocycles. The molecule has 1 aliphatic heterocycles. The molecule has 108 valence electrons. The van der Waals surface area contributed by atoms with Gasteiger partial charge < -0.3 is 10.1 Å². The maximum atomic E-state index is 6.02. The van der Waals surface area contributed by atoms with Gasteiger partial charge in [-0.25, -0.2) is 4.98 Å². The highest BCUT2D eigenvalue weighted by molar-refractivity contribution is 7.11. The maximum Gasteiger partial charge on any atom is 0.0925 e. The van der Waals surface area contributed by atoms with E-state index in [1.807, 2.05) is 17.5 Å². The molecule has 1 atom stereocenters. The lowest BCUT2D eigenvalue weighted by atomic mass is 9.86. The quantitative estimate of drug-likeness (QED) is 0.866. The largest absolute Gasteiger partial charge is 0.375 e. The van der Waals surface area contributed by atoms with E-state index in [9.17, 15) is 0 Å². The van der Waals surface area contributed by atoms with Crippen molar-refractivity contribution in [2.75, 3.05) is 6.61 Å². The molecule has 2 rings (SSSR count). The standard InChI is InChI=1S/C15H26N2OS/c1-4-14-17-11-13(19-14)10-16-12-7-8-18-15(5-2,6-3)9-12/h11-12,16H,4-10H2,1-3H3. The van der Waals surface area contributed by atoms with Crippen molar-refractivity contribution >= 4 is 11.3 Å². The van der Waals surface area contributed by atoms with Gasteiger partial charge in [-0.3, -0.25) is 0 Å². The van der Waals surface area contributed by atoms with Crippen molar-refractivity contribution < 1.29 is 4.74 Å². The molecule has 2 heterocycles. The van der Waals surface area contributed by atoms with Gasteiger partial charge in [-0.1, -0.05) is 20.8 Å². The highest BCUT2D eigenvalue weighted by atomic mass is 32.1. The molecule has 1 unspecified atom stereocenters. The van der Waals surface area contributed by atoms with E-state index in [4.69, 9.17) is 4.74 Å².